The van der Waals surface area contributed by atoms with Crippen LogP contribution in [0.1, 0.15) is 12.1 Å². The summed E-state index contributed by atoms with van der Waals surface area (Å²) in [5.74, 6) is -0.219. The third-order valence-electron chi connectivity index (χ3n) is 4.60. The number of halogens is 3. The third kappa shape index (κ3) is 5.74. The van der Waals surface area contributed by atoms with E-state index < -0.39 is 6.36 Å². The van der Waals surface area contributed by atoms with Crippen LogP contribution in [-0.2, 0) is 6.54 Å². The standard InChI is InChI=1S/C20H20F3N5OS/c21-20(22,23)29-18-7-4-8-19(11-18)30-25-15-9-10-27(12-15)13-16-14-28(26-24-16)17-5-2-1-3-6-17/h1-8,11,14-15,25H,9-10,12-13H2/t15-/m1/s1. The first-order valence-corrected chi connectivity index (χ1v) is 10.2. The smallest absolute Gasteiger partial charge is 0.406 e. The van der Waals surface area contributed by atoms with Crippen molar-refractivity contribution < 1.29 is 17.9 Å². The summed E-state index contributed by atoms with van der Waals surface area (Å²) < 4.78 is 46.1. The molecule has 158 valence electrons. The highest BCUT2D eigenvalue weighted by Gasteiger charge is 2.31. The summed E-state index contributed by atoms with van der Waals surface area (Å²) in [6.07, 6.45) is -1.82. The van der Waals surface area contributed by atoms with Gasteiger partial charge in [0.1, 0.15) is 5.75 Å². The van der Waals surface area contributed by atoms with E-state index >= 15 is 0 Å². The Balaban J connectivity index is 1.26. The van der Waals surface area contributed by atoms with Crippen molar-refractivity contribution in [1.29, 1.82) is 0 Å². The van der Waals surface area contributed by atoms with E-state index in [1.807, 2.05) is 36.5 Å². The Kier molecular flexibility index (Phi) is 6.26. The van der Waals surface area contributed by atoms with E-state index in [-0.39, 0.29) is 11.8 Å². The molecular weight excluding hydrogens is 415 g/mol. The van der Waals surface area contributed by atoms with E-state index in [9.17, 15) is 13.2 Å². The maximum Gasteiger partial charge on any atom is 0.573 e. The minimum atomic E-state index is -4.69. The molecule has 2 heterocycles. The van der Waals surface area contributed by atoms with Gasteiger partial charge < -0.3 is 4.74 Å². The second-order valence-electron chi connectivity index (χ2n) is 6.95. The summed E-state index contributed by atoms with van der Waals surface area (Å²) in [7, 11) is 0. The maximum absolute atomic E-state index is 12.4. The Morgan fingerprint density at radius 1 is 1.13 bits per heavy atom. The lowest BCUT2D eigenvalue weighted by Crippen LogP contribution is -2.28. The number of rotatable bonds is 7. The van der Waals surface area contributed by atoms with Crippen LogP contribution >= 0.6 is 11.9 Å². The number of ether oxygens (including phenoxy) is 1. The Hall–Kier alpha value is -2.56. The molecule has 1 aromatic heterocycles. The fourth-order valence-electron chi connectivity index (χ4n) is 3.27. The minimum absolute atomic E-state index is 0.219. The molecule has 0 aliphatic carbocycles. The first-order valence-electron chi connectivity index (χ1n) is 9.42. The van der Waals surface area contributed by atoms with Gasteiger partial charge in [0.05, 0.1) is 17.6 Å². The normalized spacial score (nSPS) is 17.4. The van der Waals surface area contributed by atoms with Gasteiger partial charge in [-0.2, -0.15) is 0 Å². The van der Waals surface area contributed by atoms with Crippen molar-refractivity contribution >= 4 is 11.9 Å². The minimum Gasteiger partial charge on any atom is -0.406 e. The topological polar surface area (TPSA) is 55.2 Å². The molecule has 0 bridgehead atoms. The van der Waals surface area contributed by atoms with E-state index in [1.165, 1.54) is 24.1 Å². The van der Waals surface area contributed by atoms with Gasteiger partial charge in [-0.15, -0.1) is 18.3 Å². The first-order chi connectivity index (χ1) is 14.4. The highest BCUT2D eigenvalue weighted by atomic mass is 32.2. The first kappa shape index (κ1) is 20.7. The number of benzene rings is 2. The van der Waals surface area contributed by atoms with Gasteiger partial charge in [0.15, 0.2) is 0 Å². The van der Waals surface area contributed by atoms with Crippen molar-refractivity contribution in [1.82, 2.24) is 24.6 Å². The second-order valence-corrected chi connectivity index (χ2v) is 7.86. The number of alkyl halides is 3. The van der Waals surface area contributed by atoms with Gasteiger partial charge in [-0.3, -0.25) is 9.62 Å². The molecule has 30 heavy (non-hydrogen) atoms. The van der Waals surface area contributed by atoms with Crippen LogP contribution in [0.3, 0.4) is 0 Å². The Morgan fingerprint density at radius 2 is 1.97 bits per heavy atom. The van der Waals surface area contributed by atoms with Crippen LogP contribution in [0.4, 0.5) is 13.2 Å². The molecule has 0 amide bonds. The van der Waals surface area contributed by atoms with Gasteiger partial charge >= 0.3 is 6.36 Å². The zero-order valence-electron chi connectivity index (χ0n) is 15.9. The third-order valence-corrected chi connectivity index (χ3v) is 5.54. The number of nitrogens with zero attached hydrogens (tertiary/aromatic N) is 4. The fourth-order valence-corrected chi connectivity index (χ4v) is 4.08. The molecule has 0 saturated carbocycles. The number of aromatic nitrogens is 3. The van der Waals surface area contributed by atoms with Crippen molar-refractivity contribution in [2.75, 3.05) is 13.1 Å². The molecule has 1 atom stereocenters. The lowest BCUT2D eigenvalue weighted by Gasteiger charge is -2.15. The van der Waals surface area contributed by atoms with Crippen LogP contribution < -0.4 is 9.46 Å². The molecule has 6 nitrogen and oxygen atoms in total. The van der Waals surface area contributed by atoms with E-state index in [1.54, 1.807) is 16.8 Å². The van der Waals surface area contributed by atoms with Crippen LogP contribution in [0, 0.1) is 0 Å². The largest absolute Gasteiger partial charge is 0.573 e. The molecule has 1 saturated heterocycles. The van der Waals surface area contributed by atoms with E-state index in [4.69, 9.17) is 0 Å². The van der Waals surface area contributed by atoms with Gasteiger partial charge in [0.25, 0.3) is 0 Å². The molecule has 0 spiro atoms. The van der Waals surface area contributed by atoms with Gasteiger partial charge in [-0.05, 0) is 48.7 Å². The van der Waals surface area contributed by atoms with Crippen LogP contribution in [0.15, 0.2) is 65.7 Å². The van der Waals surface area contributed by atoms with Gasteiger partial charge in [-0.25, -0.2) is 4.68 Å². The Bertz CT molecular complexity index is 966. The van der Waals surface area contributed by atoms with Crippen molar-refractivity contribution in [3.05, 3.63) is 66.5 Å². The summed E-state index contributed by atoms with van der Waals surface area (Å²) in [4.78, 5) is 2.95. The summed E-state index contributed by atoms with van der Waals surface area (Å²) in [5, 5.41) is 8.44. The summed E-state index contributed by atoms with van der Waals surface area (Å²) in [6.45, 7) is 2.43. The number of hydrogen-bond donors (Lipinski definition) is 1. The molecule has 1 N–H and O–H groups in total. The number of para-hydroxylation sites is 1. The van der Waals surface area contributed by atoms with Gasteiger partial charge in [0.2, 0.25) is 0 Å². The zero-order chi connectivity index (χ0) is 21.0. The van der Waals surface area contributed by atoms with E-state index in [0.29, 0.717) is 11.4 Å². The second kappa shape index (κ2) is 9.07. The molecule has 3 aromatic rings. The molecule has 1 aliphatic rings. The average molecular weight is 435 g/mol. The van der Waals surface area contributed by atoms with Crippen LogP contribution in [0.2, 0.25) is 0 Å². The van der Waals surface area contributed by atoms with E-state index in [2.05, 4.69) is 24.7 Å². The van der Waals surface area contributed by atoms with Crippen molar-refractivity contribution in [2.24, 2.45) is 0 Å². The summed E-state index contributed by atoms with van der Waals surface area (Å²) in [6, 6.07) is 16.0. The predicted molar refractivity (Wildman–Crippen MR) is 107 cm³/mol. The maximum atomic E-state index is 12.4. The quantitative estimate of drug-likeness (QED) is 0.566. The molecular formula is C20H20F3N5OS. The number of hydrogen-bond acceptors (Lipinski definition) is 6. The molecule has 0 radical (unpaired) electrons. The van der Waals surface area contributed by atoms with Crippen molar-refractivity contribution in [3.63, 3.8) is 0 Å². The van der Waals surface area contributed by atoms with E-state index in [0.717, 1.165) is 30.9 Å². The number of likely N-dealkylation sites (tertiary alicyclic amines) is 1. The Labute approximate surface area is 176 Å². The molecule has 1 aliphatic heterocycles. The average Bonchev–Trinajstić information content (AvgIpc) is 3.36. The molecule has 0 unspecified atom stereocenters. The van der Waals surface area contributed by atoms with Gasteiger partial charge in [-0.1, -0.05) is 29.5 Å². The van der Waals surface area contributed by atoms with Crippen molar-refractivity contribution in [3.8, 4) is 11.4 Å². The molecule has 2 aromatic carbocycles. The summed E-state index contributed by atoms with van der Waals surface area (Å²) >= 11 is 1.31. The predicted octanol–water partition coefficient (Wildman–Crippen LogP) is 4.04. The lowest BCUT2D eigenvalue weighted by molar-refractivity contribution is -0.274. The Morgan fingerprint density at radius 3 is 2.77 bits per heavy atom. The summed E-state index contributed by atoms with van der Waals surface area (Å²) in [5.41, 5.74) is 1.86. The molecule has 4 rings (SSSR count). The molecule has 1 fully saturated rings. The van der Waals surface area contributed by atoms with Crippen LogP contribution in [0.5, 0.6) is 5.75 Å². The zero-order valence-corrected chi connectivity index (χ0v) is 16.7. The van der Waals surface area contributed by atoms with Crippen LogP contribution in [-0.4, -0.2) is 45.4 Å². The van der Waals surface area contributed by atoms with Gasteiger partial charge in [0, 0.05) is 30.6 Å². The monoisotopic (exact) mass is 435 g/mol. The number of nitrogens with one attached hydrogen (secondary N) is 1. The van der Waals surface area contributed by atoms with Crippen LogP contribution in [0.25, 0.3) is 5.69 Å². The fraction of sp³-hybridized carbons (Fsp3) is 0.300. The lowest BCUT2D eigenvalue weighted by atomic mass is 10.3. The highest BCUT2D eigenvalue weighted by Crippen LogP contribution is 2.27. The van der Waals surface area contributed by atoms with Crippen molar-refractivity contribution in [2.45, 2.75) is 30.3 Å². The highest BCUT2D eigenvalue weighted by molar-refractivity contribution is 7.97. The molecule has 10 heteroatoms. The SMILES string of the molecule is FC(F)(F)Oc1cccc(SN[C@@H]2CCN(Cc3cn(-c4ccccc4)nn3)C2)c1.